The van der Waals surface area contributed by atoms with Gasteiger partial charge in [0.2, 0.25) is 5.91 Å². The molecule has 3 aromatic rings. The molecule has 0 aliphatic carbocycles. The summed E-state index contributed by atoms with van der Waals surface area (Å²) < 4.78 is 5.75. The number of rotatable bonds is 7. The minimum atomic E-state index is -0.118. The number of hydrogen-bond donors (Lipinski definition) is 2. The minimum absolute atomic E-state index is 0.111. The SMILES string of the molecule is CC(C)(C)c1ccc(OCc2nc(CC(=O)NCc3ccccc3)n[nH]2)cc1. The number of carbonyl (C=O) groups is 1. The fourth-order valence-electron chi connectivity index (χ4n) is 2.68. The Morgan fingerprint density at radius 1 is 1.07 bits per heavy atom. The van der Waals surface area contributed by atoms with Crippen molar-refractivity contribution in [3.05, 3.63) is 77.4 Å². The summed E-state index contributed by atoms with van der Waals surface area (Å²) in [4.78, 5) is 16.4. The summed E-state index contributed by atoms with van der Waals surface area (Å²) in [6, 6.07) is 17.8. The number of hydrogen-bond acceptors (Lipinski definition) is 4. The fourth-order valence-corrected chi connectivity index (χ4v) is 2.68. The van der Waals surface area contributed by atoms with Crippen molar-refractivity contribution >= 4 is 5.91 Å². The van der Waals surface area contributed by atoms with Crippen LogP contribution in [0.5, 0.6) is 5.75 Å². The van der Waals surface area contributed by atoms with Crippen LogP contribution in [0.25, 0.3) is 0 Å². The van der Waals surface area contributed by atoms with Crippen LogP contribution in [0.2, 0.25) is 0 Å². The van der Waals surface area contributed by atoms with E-state index >= 15 is 0 Å². The second kappa shape index (κ2) is 8.69. The molecule has 1 amide bonds. The normalized spacial score (nSPS) is 11.2. The zero-order valence-electron chi connectivity index (χ0n) is 16.5. The molecule has 1 heterocycles. The summed E-state index contributed by atoms with van der Waals surface area (Å²) in [6.07, 6.45) is 0.129. The molecular weight excluding hydrogens is 352 g/mol. The lowest BCUT2D eigenvalue weighted by molar-refractivity contribution is -0.120. The van der Waals surface area contributed by atoms with E-state index in [4.69, 9.17) is 4.74 Å². The molecule has 1 aromatic heterocycles. The van der Waals surface area contributed by atoms with Gasteiger partial charge in [0, 0.05) is 6.54 Å². The number of nitrogens with zero attached hydrogens (tertiary/aromatic N) is 2. The van der Waals surface area contributed by atoms with E-state index in [2.05, 4.69) is 53.4 Å². The van der Waals surface area contributed by atoms with Gasteiger partial charge in [0.1, 0.15) is 12.4 Å². The van der Waals surface area contributed by atoms with E-state index in [9.17, 15) is 4.79 Å². The molecule has 2 N–H and O–H groups in total. The van der Waals surface area contributed by atoms with Gasteiger partial charge in [-0.3, -0.25) is 9.89 Å². The highest BCUT2D eigenvalue weighted by Crippen LogP contribution is 2.24. The van der Waals surface area contributed by atoms with Crippen molar-refractivity contribution in [2.24, 2.45) is 0 Å². The number of amides is 1. The summed E-state index contributed by atoms with van der Waals surface area (Å²) in [6.45, 7) is 7.29. The Hall–Kier alpha value is -3.15. The molecule has 0 saturated heterocycles. The fraction of sp³-hybridized carbons (Fsp3) is 0.318. The Balaban J connectivity index is 1.46. The van der Waals surface area contributed by atoms with Gasteiger partial charge in [-0.25, -0.2) is 4.98 Å². The highest BCUT2D eigenvalue weighted by Gasteiger charge is 2.13. The maximum absolute atomic E-state index is 12.1. The van der Waals surface area contributed by atoms with Gasteiger partial charge in [0.25, 0.3) is 0 Å². The van der Waals surface area contributed by atoms with Crippen LogP contribution in [0.15, 0.2) is 54.6 Å². The number of H-pyrrole nitrogens is 1. The van der Waals surface area contributed by atoms with Crippen molar-refractivity contribution in [2.45, 2.75) is 45.8 Å². The van der Waals surface area contributed by atoms with Crippen LogP contribution in [0, 0.1) is 0 Å². The molecule has 2 aromatic carbocycles. The molecule has 146 valence electrons. The van der Waals surface area contributed by atoms with Gasteiger partial charge in [-0.15, -0.1) is 0 Å². The van der Waals surface area contributed by atoms with Crippen LogP contribution in [0.4, 0.5) is 0 Å². The third kappa shape index (κ3) is 5.67. The number of ether oxygens (including phenoxy) is 1. The average molecular weight is 378 g/mol. The van der Waals surface area contributed by atoms with Crippen molar-refractivity contribution in [1.82, 2.24) is 20.5 Å². The molecule has 0 atom stereocenters. The minimum Gasteiger partial charge on any atom is -0.486 e. The van der Waals surface area contributed by atoms with Crippen molar-refractivity contribution in [3.8, 4) is 5.75 Å². The van der Waals surface area contributed by atoms with Crippen LogP contribution < -0.4 is 10.1 Å². The molecule has 0 saturated carbocycles. The van der Waals surface area contributed by atoms with Crippen LogP contribution in [-0.2, 0) is 29.8 Å². The van der Waals surface area contributed by atoms with E-state index in [0.29, 0.717) is 18.2 Å². The largest absolute Gasteiger partial charge is 0.486 e. The van der Waals surface area contributed by atoms with Gasteiger partial charge < -0.3 is 10.1 Å². The molecule has 0 aliphatic rings. The first-order valence-electron chi connectivity index (χ1n) is 9.34. The van der Waals surface area contributed by atoms with Gasteiger partial charge in [0.15, 0.2) is 11.6 Å². The summed E-state index contributed by atoms with van der Waals surface area (Å²) in [5, 5.41) is 9.79. The van der Waals surface area contributed by atoms with E-state index in [-0.39, 0.29) is 24.3 Å². The molecule has 0 spiro atoms. The number of aromatic amines is 1. The number of benzene rings is 2. The molecule has 0 bridgehead atoms. The third-order valence-electron chi connectivity index (χ3n) is 4.33. The van der Waals surface area contributed by atoms with Crippen LogP contribution in [0.3, 0.4) is 0 Å². The quantitative estimate of drug-likeness (QED) is 0.659. The lowest BCUT2D eigenvalue weighted by Gasteiger charge is -2.19. The Morgan fingerprint density at radius 2 is 1.79 bits per heavy atom. The number of nitrogens with one attached hydrogen (secondary N) is 2. The molecule has 28 heavy (non-hydrogen) atoms. The van der Waals surface area contributed by atoms with E-state index < -0.39 is 0 Å². The first kappa shape index (κ1) is 19.6. The highest BCUT2D eigenvalue weighted by molar-refractivity contribution is 5.77. The van der Waals surface area contributed by atoms with Crippen molar-refractivity contribution < 1.29 is 9.53 Å². The predicted octanol–water partition coefficient (Wildman–Crippen LogP) is 3.54. The zero-order valence-corrected chi connectivity index (χ0v) is 16.5. The topological polar surface area (TPSA) is 79.9 Å². The lowest BCUT2D eigenvalue weighted by atomic mass is 9.87. The smallest absolute Gasteiger partial charge is 0.228 e. The standard InChI is InChI=1S/C22H26N4O2/c1-22(2,3)17-9-11-18(12-10-17)28-15-20-24-19(25-26-20)13-21(27)23-14-16-7-5-4-6-8-16/h4-12H,13-15H2,1-3H3,(H,23,27)(H,24,25,26). The molecule has 0 fully saturated rings. The number of aromatic nitrogens is 3. The molecule has 6 heteroatoms. The first-order chi connectivity index (χ1) is 13.4. The Morgan fingerprint density at radius 3 is 2.46 bits per heavy atom. The molecule has 0 radical (unpaired) electrons. The van der Waals surface area contributed by atoms with Crippen LogP contribution in [0.1, 0.15) is 43.5 Å². The summed E-state index contributed by atoms with van der Waals surface area (Å²) in [5.41, 5.74) is 2.42. The monoisotopic (exact) mass is 378 g/mol. The van der Waals surface area contributed by atoms with Gasteiger partial charge in [-0.05, 0) is 28.7 Å². The maximum Gasteiger partial charge on any atom is 0.228 e. The molecule has 3 rings (SSSR count). The van der Waals surface area contributed by atoms with E-state index in [1.54, 1.807) is 0 Å². The maximum atomic E-state index is 12.1. The summed E-state index contributed by atoms with van der Waals surface area (Å²) in [5.74, 6) is 1.69. The zero-order chi connectivity index (χ0) is 20.0. The second-order valence-corrected chi connectivity index (χ2v) is 7.70. The molecule has 0 unspecified atom stereocenters. The Labute approximate surface area is 165 Å². The van der Waals surface area contributed by atoms with E-state index in [1.165, 1.54) is 5.56 Å². The Bertz CT molecular complexity index is 896. The summed E-state index contributed by atoms with van der Waals surface area (Å²) >= 11 is 0. The van der Waals surface area contributed by atoms with E-state index in [1.807, 2.05) is 42.5 Å². The second-order valence-electron chi connectivity index (χ2n) is 7.70. The third-order valence-corrected chi connectivity index (χ3v) is 4.33. The van der Waals surface area contributed by atoms with E-state index in [0.717, 1.165) is 11.3 Å². The van der Waals surface area contributed by atoms with Gasteiger partial charge in [-0.1, -0.05) is 63.2 Å². The van der Waals surface area contributed by atoms with Gasteiger partial charge in [-0.2, -0.15) is 5.10 Å². The van der Waals surface area contributed by atoms with Crippen LogP contribution >= 0.6 is 0 Å². The van der Waals surface area contributed by atoms with Gasteiger partial charge in [0.05, 0.1) is 6.42 Å². The lowest BCUT2D eigenvalue weighted by Crippen LogP contribution is -2.25. The molecule has 0 aliphatic heterocycles. The van der Waals surface area contributed by atoms with Crippen molar-refractivity contribution in [2.75, 3.05) is 0 Å². The molecular formula is C22H26N4O2. The Kier molecular flexibility index (Phi) is 6.09. The van der Waals surface area contributed by atoms with Crippen molar-refractivity contribution in [1.29, 1.82) is 0 Å². The molecule has 6 nitrogen and oxygen atoms in total. The first-order valence-corrected chi connectivity index (χ1v) is 9.34. The number of carbonyl (C=O) groups excluding carboxylic acids is 1. The van der Waals surface area contributed by atoms with Crippen LogP contribution in [-0.4, -0.2) is 21.1 Å². The predicted molar refractivity (Wildman–Crippen MR) is 108 cm³/mol. The highest BCUT2D eigenvalue weighted by atomic mass is 16.5. The summed E-state index contributed by atoms with van der Waals surface area (Å²) in [7, 11) is 0. The van der Waals surface area contributed by atoms with Gasteiger partial charge >= 0.3 is 0 Å². The average Bonchev–Trinajstić information content (AvgIpc) is 3.12. The van der Waals surface area contributed by atoms with Crippen molar-refractivity contribution in [3.63, 3.8) is 0 Å².